The molecular formula is C19H28NO3+. The Balaban J connectivity index is 1.63. The fourth-order valence-corrected chi connectivity index (χ4v) is 4.03. The number of likely N-dealkylation sites (N-methyl/N-ethyl adjacent to an activating group) is 1. The highest BCUT2D eigenvalue weighted by atomic mass is 16.5. The lowest BCUT2D eigenvalue weighted by Crippen LogP contribution is -2.38. The smallest absolute Gasteiger partial charge is 0.310 e. The number of carbonyl (C=O) groups excluding carboxylic acids is 1. The van der Waals surface area contributed by atoms with E-state index < -0.39 is 0 Å². The molecule has 0 spiro atoms. The molecule has 0 aromatic heterocycles. The van der Waals surface area contributed by atoms with Gasteiger partial charge in [-0.1, -0.05) is 31.0 Å². The van der Waals surface area contributed by atoms with Crippen LogP contribution in [0.1, 0.15) is 49.1 Å². The highest BCUT2D eigenvalue weighted by Gasteiger charge is 2.33. The molecule has 1 aromatic rings. The summed E-state index contributed by atoms with van der Waals surface area (Å²) in [5.41, 5.74) is 1.71. The number of aromatic hydroxyl groups is 1. The number of benzene rings is 1. The summed E-state index contributed by atoms with van der Waals surface area (Å²) < 4.78 is 6.51. The quantitative estimate of drug-likeness (QED) is 0.686. The van der Waals surface area contributed by atoms with Crippen molar-refractivity contribution < 1.29 is 19.1 Å². The number of phenols is 1. The second kappa shape index (κ2) is 6.52. The summed E-state index contributed by atoms with van der Waals surface area (Å²) in [6.45, 7) is 1.92. The molecule has 0 bridgehead atoms. The fraction of sp³-hybridized carbons (Fsp3) is 0.632. The zero-order valence-electron chi connectivity index (χ0n) is 14.3. The molecule has 4 nitrogen and oxygen atoms in total. The monoisotopic (exact) mass is 318 g/mol. The van der Waals surface area contributed by atoms with Gasteiger partial charge >= 0.3 is 5.97 Å². The summed E-state index contributed by atoms with van der Waals surface area (Å²) in [5, 5.41) is 10.5. The van der Waals surface area contributed by atoms with Crippen LogP contribution < -0.4 is 0 Å². The first-order valence-electron chi connectivity index (χ1n) is 8.77. The number of para-hydroxylation sites is 1. The minimum atomic E-state index is -0.226. The van der Waals surface area contributed by atoms with Crippen LogP contribution in [0.3, 0.4) is 0 Å². The van der Waals surface area contributed by atoms with Gasteiger partial charge in [-0.05, 0) is 24.3 Å². The van der Waals surface area contributed by atoms with E-state index in [4.69, 9.17) is 4.74 Å². The molecule has 1 aromatic carbocycles. The third-order valence-electron chi connectivity index (χ3n) is 5.33. The molecular weight excluding hydrogens is 290 g/mol. The molecule has 2 aliphatic rings. The van der Waals surface area contributed by atoms with E-state index in [1.54, 1.807) is 0 Å². The van der Waals surface area contributed by atoms with E-state index in [0.29, 0.717) is 17.2 Å². The highest BCUT2D eigenvalue weighted by Crippen LogP contribution is 2.39. The largest absolute Gasteiger partial charge is 0.507 e. The van der Waals surface area contributed by atoms with Gasteiger partial charge in [-0.25, -0.2) is 0 Å². The standard InChI is InChI=1S/C19H27NO3/c1-20(2)11-10-16(13-20)23-18(21)12-15-8-5-9-17(19(15)22)14-6-3-4-7-14/h5,8-9,14,16H,3-4,6-7,10-13H2,1-2H3/p+1. The van der Waals surface area contributed by atoms with Crippen LogP contribution in [0, 0.1) is 0 Å². The SMILES string of the molecule is C[N+]1(C)CCC(OC(=O)Cc2cccc(C3CCCC3)c2O)C1. The molecule has 126 valence electrons. The van der Waals surface area contributed by atoms with E-state index >= 15 is 0 Å². The molecule has 0 amide bonds. The highest BCUT2D eigenvalue weighted by molar-refractivity contribution is 5.74. The number of carbonyl (C=O) groups is 1. The fourth-order valence-electron chi connectivity index (χ4n) is 4.03. The van der Waals surface area contributed by atoms with Crippen LogP contribution in [0.25, 0.3) is 0 Å². The maximum absolute atomic E-state index is 12.2. The molecule has 1 unspecified atom stereocenters. The van der Waals surface area contributed by atoms with Gasteiger partial charge < -0.3 is 14.3 Å². The molecule has 1 N–H and O–H groups in total. The zero-order valence-corrected chi connectivity index (χ0v) is 14.3. The van der Waals surface area contributed by atoms with Crippen molar-refractivity contribution in [2.45, 2.75) is 50.5 Å². The van der Waals surface area contributed by atoms with E-state index in [1.165, 1.54) is 12.8 Å². The molecule has 1 aliphatic heterocycles. The van der Waals surface area contributed by atoms with Crippen molar-refractivity contribution in [2.75, 3.05) is 27.2 Å². The van der Waals surface area contributed by atoms with Gasteiger partial charge in [0.2, 0.25) is 0 Å². The second-order valence-corrected chi connectivity index (χ2v) is 7.76. The van der Waals surface area contributed by atoms with E-state index in [2.05, 4.69) is 14.1 Å². The third kappa shape index (κ3) is 3.86. The molecule has 4 heteroatoms. The van der Waals surface area contributed by atoms with Crippen LogP contribution >= 0.6 is 0 Å². The Kier molecular flexibility index (Phi) is 4.62. The van der Waals surface area contributed by atoms with Gasteiger partial charge in [0.05, 0.1) is 27.1 Å². The molecule has 1 saturated carbocycles. The Morgan fingerprint density at radius 1 is 1.26 bits per heavy atom. The number of quaternary nitrogens is 1. The van der Waals surface area contributed by atoms with Gasteiger partial charge in [-0.3, -0.25) is 4.79 Å². The van der Waals surface area contributed by atoms with Crippen molar-refractivity contribution in [2.24, 2.45) is 0 Å². The molecule has 0 radical (unpaired) electrons. The minimum Gasteiger partial charge on any atom is -0.507 e. The lowest BCUT2D eigenvalue weighted by Gasteiger charge is -2.23. The molecule has 23 heavy (non-hydrogen) atoms. The minimum absolute atomic E-state index is 0.0117. The van der Waals surface area contributed by atoms with Gasteiger partial charge in [0.1, 0.15) is 12.3 Å². The van der Waals surface area contributed by atoms with Gasteiger partial charge in [0.15, 0.2) is 6.10 Å². The molecule has 1 heterocycles. The Bertz CT molecular complexity index is 576. The van der Waals surface area contributed by atoms with Crippen molar-refractivity contribution in [1.29, 1.82) is 0 Å². The van der Waals surface area contributed by atoms with Crippen LogP contribution in [0.4, 0.5) is 0 Å². The molecule has 1 aliphatic carbocycles. The average molecular weight is 318 g/mol. The number of phenolic OH excluding ortho intramolecular Hbond substituents is 1. The maximum atomic E-state index is 12.2. The normalized spacial score (nSPS) is 24.0. The Morgan fingerprint density at radius 3 is 2.65 bits per heavy atom. The number of rotatable bonds is 4. The lowest BCUT2D eigenvalue weighted by molar-refractivity contribution is -0.879. The maximum Gasteiger partial charge on any atom is 0.310 e. The van der Waals surface area contributed by atoms with E-state index in [9.17, 15) is 9.90 Å². The van der Waals surface area contributed by atoms with Crippen molar-refractivity contribution in [3.63, 3.8) is 0 Å². The molecule has 1 atom stereocenters. The first kappa shape index (κ1) is 16.3. The predicted molar refractivity (Wildman–Crippen MR) is 89.4 cm³/mol. The van der Waals surface area contributed by atoms with Crippen LogP contribution in [0.2, 0.25) is 0 Å². The predicted octanol–water partition coefficient (Wildman–Crippen LogP) is 2.98. The molecule has 1 saturated heterocycles. The van der Waals surface area contributed by atoms with Crippen LogP contribution in [-0.4, -0.2) is 48.8 Å². The number of likely N-dealkylation sites (tertiary alicyclic amines) is 1. The number of ether oxygens (including phenoxy) is 1. The molecule has 2 fully saturated rings. The van der Waals surface area contributed by atoms with Gasteiger partial charge in [0.25, 0.3) is 0 Å². The van der Waals surface area contributed by atoms with Crippen LogP contribution in [0.15, 0.2) is 18.2 Å². The summed E-state index contributed by atoms with van der Waals surface area (Å²) in [5.74, 6) is 0.522. The second-order valence-electron chi connectivity index (χ2n) is 7.76. The lowest BCUT2D eigenvalue weighted by atomic mass is 9.94. The zero-order chi connectivity index (χ0) is 16.4. The average Bonchev–Trinajstić information content (AvgIpc) is 3.11. The van der Waals surface area contributed by atoms with E-state index in [1.807, 2.05) is 18.2 Å². The number of esters is 1. The number of hydrogen-bond acceptors (Lipinski definition) is 3. The first-order valence-corrected chi connectivity index (χ1v) is 8.77. The van der Waals surface area contributed by atoms with Gasteiger partial charge in [0, 0.05) is 12.0 Å². The summed E-state index contributed by atoms with van der Waals surface area (Å²) in [6, 6.07) is 5.78. The molecule has 3 rings (SSSR count). The third-order valence-corrected chi connectivity index (χ3v) is 5.33. The Hall–Kier alpha value is -1.55. The number of hydrogen-bond donors (Lipinski definition) is 1. The Morgan fingerprint density at radius 2 is 2.00 bits per heavy atom. The van der Waals surface area contributed by atoms with Crippen molar-refractivity contribution in [1.82, 2.24) is 0 Å². The summed E-state index contributed by atoms with van der Waals surface area (Å²) >= 11 is 0. The van der Waals surface area contributed by atoms with Crippen LogP contribution in [0.5, 0.6) is 5.75 Å². The van der Waals surface area contributed by atoms with Crippen molar-refractivity contribution in [3.8, 4) is 5.75 Å². The van der Waals surface area contributed by atoms with Gasteiger partial charge in [-0.15, -0.1) is 0 Å². The van der Waals surface area contributed by atoms with Crippen molar-refractivity contribution >= 4 is 5.97 Å². The van der Waals surface area contributed by atoms with Crippen LogP contribution in [-0.2, 0) is 16.0 Å². The topological polar surface area (TPSA) is 46.5 Å². The summed E-state index contributed by atoms with van der Waals surface area (Å²) in [6.07, 6.45) is 5.83. The van der Waals surface area contributed by atoms with E-state index in [0.717, 1.165) is 42.4 Å². The Labute approximate surface area is 138 Å². The van der Waals surface area contributed by atoms with Gasteiger partial charge in [-0.2, -0.15) is 0 Å². The summed E-state index contributed by atoms with van der Waals surface area (Å²) in [7, 11) is 4.31. The summed E-state index contributed by atoms with van der Waals surface area (Å²) in [4.78, 5) is 12.2. The number of nitrogens with zero attached hydrogens (tertiary/aromatic N) is 1. The van der Waals surface area contributed by atoms with Crippen molar-refractivity contribution in [3.05, 3.63) is 29.3 Å². The first-order chi connectivity index (χ1) is 10.9. The van der Waals surface area contributed by atoms with E-state index in [-0.39, 0.29) is 18.5 Å².